The molecule has 30 heavy (non-hydrogen) atoms. The molecule has 1 heterocycles. The molecule has 2 N–H and O–H groups in total. The summed E-state index contributed by atoms with van der Waals surface area (Å²) in [5.74, 6) is -0.804. The molecule has 1 aromatic heterocycles. The van der Waals surface area contributed by atoms with E-state index in [1.807, 2.05) is 12.1 Å². The van der Waals surface area contributed by atoms with Gasteiger partial charge in [-0.25, -0.2) is 0 Å². The fourth-order valence-electron chi connectivity index (χ4n) is 2.91. The highest BCUT2D eigenvalue weighted by Crippen LogP contribution is 2.31. The third kappa shape index (κ3) is 3.88. The van der Waals surface area contributed by atoms with E-state index >= 15 is 0 Å². The van der Waals surface area contributed by atoms with Gasteiger partial charge in [0.05, 0.1) is 23.1 Å². The Kier molecular flexibility index (Phi) is 5.60. The Morgan fingerprint density at radius 2 is 1.93 bits per heavy atom. The minimum Gasteiger partial charge on any atom is -0.505 e. The van der Waals surface area contributed by atoms with Crippen molar-refractivity contribution in [3.63, 3.8) is 0 Å². The van der Waals surface area contributed by atoms with Crippen LogP contribution in [0.25, 0.3) is 0 Å². The zero-order valence-electron chi connectivity index (χ0n) is 15.8. The minimum absolute atomic E-state index is 0.0266. The maximum Gasteiger partial charge on any atom is 0.273 e. The summed E-state index contributed by atoms with van der Waals surface area (Å²) >= 11 is 0. The van der Waals surface area contributed by atoms with Crippen LogP contribution in [0.4, 0.5) is 11.4 Å². The number of phenols is 1. The summed E-state index contributed by atoms with van der Waals surface area (Å²) in [6.45, 7) is 1.55. The van der Waals surface area contributed by atoms with E-state index < -0.39 is 16.2 Å². The van der Waals surface area contributed by atoms with Gasteiger partial charge in [-0.2, -0.15) is 5.26 Å². The molecule has 0 unspecified atom stereocenters. The lowest BCUT2D eigenvalue weighted by Gasteiger charge is -2.14. The number of hydrogen-bond acceptors (Lipinski definition) is 7. The molecule has 0 aliphatic heterocycles. The molecule has 0 amide bonds. The van der Waals surface area contributed by atoms with E-state index in [9.17, 15) is 30.4 Å². The van der Waals surface area contributed by atoms with Crippen molar-refractivity contribution < 1.29 is 15.1 Å². The predicted octanol–water partition coefficient (Wildman–Crippen LogP) is 3.15. The Morgan fingerprint density at radius 3 is 2.53 bits per heavy atom. The third-order valence-corrected chi connectivity index (χ3v) is 4.53. The first-order chi connectivity index (χ1) is 14.3. The third-order valence-electron chi connectivity index (χ3n) is 4.53. The normalized spacial score (nSPS) is 10.8. The van der Waals surface area contributed by atoms with Gasteiger partial charge in [0.25, 0.3) is 11.2 Å². The molecule has 0 radical (unpaired) electrons. The van der Waals surface area contributed by atoms with Crippen molar-refractivity contribution in [3.8, 4) is 17.7 Å². The van der Waals surface area contributed by atoms with Crippen molar-refractivity contribution in [1.82, 2.24) is 4.57 Å². The Balaban J connectivity index is 2.10. The van der Waals surface area contributed by atoms with Crippen LogP contribution in [-0.4, -0.2) is 25.9 Å². The first kappa shape index (κ1) is 20.3. The lowest BCUT2D eigenvalue weighted by molar-refractivity contribution is -0.384. The number of nitrogens with zero attached hydrogens (tertiary/aromatic N) is 4. The molecule has 3 rings (SSSR count). The number of benzene rings is 2. The Labute approximate surface area is 170 Å². The quantitative estimate of drug-likeness (QED) is 0.380. The topological polar surface area (TPSA) is 142 Å². The minimum atomic E-state index is -0.651. The van der Waals surface area contributed by atoms with Gasteiger partial charge in [0.2, 0.25) is 5.88 Å². The molecule has 0 aliphatic carbocycles. The summed E-state index contributed by atoms with van der Waals surface area (Å²) in [5, 5.41) is 40.9. The zero-order valence-corrected chi connectivity index (χ0v) is 15.8. The van der Waals surface area contributed by atoms with Gasteiger partial charge < -0.3 is 10.2 Å². The van der Waals surface area contributed by atoms with Gasteiger partial charge in [-0.05, 0) is 24.1 Å². The highest BCUT2D eigenvalue weighted by molar-refractivity contribution is 5.88. The van der Waals surface area contributed by atoms with Gasteiger partial charge in [0, 0.05) is 12.3 Å². The van der Waals surface area contributed by atoms with Crippen LogP contribution in [0.15, 0.2) is 58.3 Å². The largest absolute Gasteiger partial charge is 0.505 e. The molecule has 0 bridgehead atoms. The van der Waals surface area contributed by atoms with Crippen LogP contribution in [0.5, 0.6) is 11.6 Å². The van der Waals surface area contributed by atoms with Crippen molar-refractivity contribution >= 4 is 17.6 Å². The highest BCUT2D eigenvalue weighted by atomic mass is 16.6. The lowest BCUT2D eigenvalue weighted by Crippen LogP contribution is -2.25. The number of hydrogen-bond donors (Lipinski definition) is 2. The summed E-state index contributed by atoms with van der Waals surface area (Å²) in [7, 11) is 0. The average molecular weight is 404 g/mol. The maximum absolute atomic E-state index is 12.7. The van der Waals surface area contributed by atoms with Crippen LogP contribution in [0.2, 0.25) is 0 Å². The standard InChI is InChI=1S/C21H16N4O5/c1-13-16(10-22)20(27)24(12-14-5-3-2-4-6-14)21(28)17(13)11-23-18-8-7-15(25(29)30)9-19(18)26/h2-9,11,26,28H,12H2,1H3. The molecular formula is C21H16N4O5. The first-order valence-electron chi connectivity index (χ1n) is 8.75. The number of aromatic hydroxyl groups is 2. The highest BCUT2D eigenvalue weighted by Gasteiger charge is 2.18. The molecule has 9 nitrogen and oxygen atoms in total. The second kappa shape index (κ2) is 8.28. The average Bonchev–Trinajstić information content (AvgIpc) is 2.73. The Hall–Kier alpha value is -4.45. The Bertz CT molecular complexity index is 1260. The van der Waals surface area contributed by atoms with Gasteiger partial charge >= 0.3 is 0 Å². The van der Waals surface area contributed by atoms with Crippen LogP contribution in [0.3, 0.4) is 0 Å². The van der Waals surface area contributed by atoms with E-state index in [0.717, 1.165) is 16.2 Å². The number of rotatable bonds is 5. The van der Waals surface area contributed by atoms with Gasteiger partial charge in [-0.1, -0.05) is 30.3 Å². The molecule has 0 aliphatic rings. The zero-order chi connectivity index (χ0) is 21.8. The molecule has 0 spiro atoms. The SMILES string of the molecule is Cc1c(C=Nc2ccc([N+](=O)[O-])cc2O)c(O)n(Cc2ccccc2)c(=O)c1C#N. The van der Waals surface area contributed by atoms with Crippen molar-refractivity contribution in [2.45, 2.75) is 13.5 Å². The Morgan fingerprint density at radius 1 is 1.23 bits per heavy atom. The molecular weight excluding hydrogens is 388 g/mol. The van der Waals surface area contributed by atoms with E-state index in [4.69, 9.17) is 0 Å². The maximum atomic E-state index is 12.7. The molecule has 0 fully saturated rings. The number of non-ortho nitro benzene ring substituents is 1. The smallest absolute Gasteiger partial charge is 0.273 e. The molecule has 9 heteroatoms. The van der Waals surface area contributed by atoms with Crippen LogP contribution in [-0.2, 0) is 6.54 Å². The number of phenolic OH excluding ortho intramolecular Hbond substituents is 1. The van der Waals surface area contributed by atoms with E-state index in [2.05, 4.69) is 4.99 Å². The van der Waals surface area contributed by atoms with E-state index in [1.54, 1.807) is 24.3 Å². The monoisotopic (exact) mass is 404 g/mol. The van der Waals surface area contributed by atoms with Crippen molar-refractivity contribution in [1.29, 1.82) is 5.26 Å². The van der Waals surface area contributed by atoms with Crippen molar-refractivity contribution in [3.05, 3.63) is 91.3 Å². The fraction of sp³-hybridized carbons (Fsp3) is 0.0952. The second-order valence-electron chi connectivity index (χ2n) is 6.41. The number of pyridine rings is 1. The number of nitro groups is 1. The predicted molar refractivity (Wildman–Crippen MR) is 109 cm³/mol. The van der Waals surface area contributed by atoms with E-state index in [1.165, 1.54) is 25.3 Å². The van der Waals surface area contributed by atoms with E-state index in [-0.39, 0.29) is 40.5 Å². The second-order valence-corrected chi connectivity index (χ2v) is 6.41. The first-order valence-corrected chi connectivity index (χ1v) is 8.75. The van der Waals surface area contributed by atoms with Gasteiger partial charge in [-0.15, -0.1) is 0 Å². The van der Waals surface area contributed by atoms with Gasteiger partial charge in [-0.3, -0.25) is 24.5 Å². The fourth-order valence-corrected chi connectivity index (χ4v) is 2.91. The summed E-state index contributed by atoms with van der Waals surface area (Å²) in [5.41, 5.74) is 0.0602. The van der Waals surface area contributed by atoms with Crippen LogP contribution in [0, 0.1) is 28.4 Å². The van der Waals surface area contributed by atoms with E-state index in [0.29, 0.717) is 0 Å². The summed E-state index contributed by atoms with van der Waals surface area (Å²) in [4.78, 5) is 26.9. The summed E-state index contributed by atoms with van der Waals surface area (Å²) in [6, 6.07) is 14.2. The molecule has 0 atom stereocenters. The summed E-state index contributed by atoms with van der Waals surface area (Å²) < 4.78 is 1.07. The number of nitriles is 1. The van der Waals surface area contributed by atoms with Gasteiger partial charge in [0.1, 0.15) is 23.1 Å². The molecule has 150 valence electrons. The molecule has 0 saturated carbocycles. The number of aromatic nitrogens is 1. The van der Waals surface area contributed by atoms with Crippen molar-refractivity contribution in [2.75, 3.05) is 0 Å². The van der Waals surface area contributed by atoms with Crippen LogP contribution < -0.4 is 5.56 Å². The van der Waals surface area contributed by atoms with Crippen LogP contribution in [0.1, 0.15) is 22.3 Å². The molecule has 2 aromatic carbocycles. The van der Waals surface area contributed by atoms with Gasteiger partial charge in [0.15, 0.2) is 0 Å². The summed E-state index contributed by atoms with van der Waals surface area (Å²) in [6.07, 6.45) is 1.20. The number of aliphatic imine (C=N–C) groups is 1. The molecule has 0 saturated heterocycles. The lowest BCUT2D eigenvalue weighted by atomic mass is 10.1. The number of nitro benzene ring substituents is 1. The van der Waals surface area contributed by atoms with Crippen LogP contribution >= 0.6 is 0 Å². The van der Waals surface area contributed by atoms with Crippen molar-refractivity contribution in [2.24, 2.45) is 4.99 Å². The molecule has 3 aromatic rings.